The maximum atomic E-state index is 3.28. The highest BCUT2D eigenvalue weighted by Gasteiger charge is 1.72. The van der Waals surface area contributed by atoms with Gasteiger partial charge in [-0.25, -0.2) is 0 Å². The second kappa shape index (κ2) is 4.54. The summed E-state index contributed by atoms with van der Waals surface area (Å²) in [5, 5.41) is 1.10. The van der Waals surface area contributed by atoms with E-state index in [1.54, 1.807) is 0 Å². The van der Waals surface area contributed by atoms with Crippen molar-refractivity contribution in [2.24, 2.45) is 0 Å². The van der Waals surface area contributed by atoms with E-state index >= 15 is 0 Å². The van der Waals surface area contributed by atoms with Gasteiger partial charge in [-0.3, -0.25) is 0 Å². The van der Waals surface area contributed by atoms with Crippen molar-refractivity contribution < 1.29 is 0 Å². The van der Waals surface area contributed by atoms with E-state index in [1.807, 2.05) is 0 Å². The zero-order valence-electron chi connectivity index (χ0n) is 3.37. The third-order valence-electron chi connectivity index (χ3n) is 0.398. The third kappa shape index (κ3) is 4.54. The fraction of sp³-hybridized carbons (Fsp3) is 1.00. The summed E-state index contributed by atoms with van der Waals surface area (Å²) in [6.45, 7) is 2.06. The molecule has 0 saturated heterocycles. The number of alkyl halides is 1. The van der Waals surface area contributed by atoms with Crippen LogP contribution in [0.3, 0.4) is 0 Å². The smallest absolute Gasteiger partial charge is 0.0936 e. The van der Waals surface area contributed by atoms with Crippen LogP contribution in [0.4, 0.5) is 0 Å². The average molecular weight is 134 g/mol. The lowest BCUT2D eigenvalue weighted by molar-refractivity contribution is 1.50. The molecule has 0 spiro atoms. The molecule has 0 aromatic heterocycles. The minimum Gasteiger partial charge on any atom is -0.0936 e. The van der Waals surface area contributed by atoms with Crippen molar-refractivity contribution >= 4 is 23.2 Å². The molecule has 0 aromatic rings. The molecule has 0 unspecified atom stereocenters. The van der Waals surface area contributed by atoms with Crippen LogP contribution in [-0.2, 0) is 0 Å². The van der Waals surface area contributed by atoms with Gasteiger partial charge in [0.15, 0.2) is 0 Å². The first-order valence-electron chi connectivity index (χ1n) is 1.75. The zero-order valence-corrected chi connectivity index (χ0v) is 4.96. The first-order valence-corrected chi connectivity index (χ1v) is 2.87. The zero-order chi connectivity index (χ0) is 4.12. The summed E-state index contributed by atoms with van der Waals surface area (Å²) >= 11 is 3.28. The Morgan fingerprint density at radius 3 is 2.40 bits per heavy atom. The summed E-state index contributed by atoms with van der Waals surface area (Å²) < 4.78 is 0. The summed E-state index contributed by atoms with van der Waals surface area (Å²) in [5.41, 5.74) is 0. The van der Waals surface area contributed by atoms with Gasteiger partial charge in [0.2, 0.25) is 0 Å². The second-order valence-corrected chi connectivity index (χ2v) is 1.68. The molecule has 0 atom stereocenters. The van der Waals surface area contributed by atoms with Crippen molar-refractivity contribution in [1.29, 1.82) is 0 Å². The molecular weight excluding hydrogens is 127 g/mol. The van der Waals surface area contributed by atoms with Crippen LogP contribution in [0.25, 0.3) is 0 Å². The van der Waals surface area contributed by atoms with E-state index in [4.69, 9.17) is 0 Å². The Hall–Kier alpha value is 0.545. The number of rotatable bonds is 2. The van der Waals surface area contributed by atoms with Crippen molar-refractivity contribution in [2.45, 2.75) is 13.1 Å². The number of hydrogen-bond donors (Lipinski definition) is 0. The molecule has 0 bridgehead atoms. The maximum absolute atomic E-state index is 3.28. The van der Waals surface area contributed by atoms with Crippen LogP contribution in [0.1, 0.15) is 0 Å². The Balaban J connectivity index is 2.19. The lowest BCUT2D eigenvalue weighted by Crippen LogP contribution is -1.77. The predicted molar refractivity (Wildman–Crippen MR) is 30.2 cm³/mol. The molecule has 0 fully saturated rings. The second-order valence-electron chi connectivity index (χ2n) is 0.886. The van der Waals surface area contributed by atoms with Crippen molar-refractivity contribution in [3.8, 4) is 0 Å². The minimum atomic E-state index is 1.10. The van der Waals surface area contributed by atoms with Gasteiger partial charge < -0.3 is 0 Å². The van der Waals surface area contributed by atoms with Gasteiger partial charge in [0.05, 0.1) is 0 Å². The van der Waals surface area contributed by atoms with E-state index in [2.05, 4.69) is 30.0 Å². The van der Waals surface area contributed by atoms with Gasteiger partial charge in [0.1, 0.15) is 7.28 Å². The van der Waals surface area contributed by atoms with Crippen molar-refractivity contribution in [1.82, 2.24) is 0 Å². The molecule has 0 aliphatic carbocycles. The largest absolute Gasteiger partial charge is 0.106 e. The van der Waals surface area contributed by atoms with Gasteiger partial charge in [0.25, 0.3) is 0 Å². The normalized spacial score (nSPS) is 7.60. The molecule has 0 N–H and O–H groups in total. The summed E-state index contributed by atoms with van der Waals surface area (Å²) in [4.78, 5) is 0. The van der Waals surface area contributed by atoms with E-state index < -0.39 is 0 Å². The molecule has 0 heterocycles. The Labute approximate surface area is 42.3 Å². The van der Waals surface area contributed by atoms with Gasteiger partial charge in [-0.15, -0.1) is 0 Å². The lowest BCUT2D eigenvalue weighted by atomic mass is 9.79. The lowest BCUT2D eigenvalue weighted by Gasteiger charge is -1.75. The summed E-state index contributed by atoms with van der Waals surface area (Å²) in [5.74, 6) is 0. The quantitative estimate of drug-likeness (QED) is 0.396. The topological polar surface area (TPSA) is 0 Å². The molecule has 0 rings (SSSR count). The number of hydrogen-bond acceptors (Lipinski definition) is 0. The van der Waals surface area contributed by atoms with Gasteiger partial charge in [-0.2, -0.15) is 0 Å². The van der Waals surface area contributed by atoms with E-state index in [1.165, 1.54) is 6.32 Å². The molecule has 29 valence electrons. The molecule has 0 aromatic carbocycles. The SMILES string of the molecule is C[B]CCBr. The molecule has 0 aliphatic heterocycles. The first-order chi connectivity index (χ1) is 2.41. The molecule has 0 aliphatic rings. The Kier molecular flexibility index (Phi) is 5.04. The molecule has 1 radical (unpaired) electrons. The van der Waals surface area contributed by atoms with Crippen LogP contribution >= 0.6 is 15.9 Å². The third-order valence-corrected chi connectivity index (χ3v) is 0.856. The van der Waals surface area contributed by atoms with E-state index in [0.717, 1.165) is 5.33 Å². The highest BCUT2D eigenvalue weighted by Crippen LogP contribution is 1.83. The molecule has 5 heavy (non-hydrogen) atoms. The summed E-state index contributed by atoms with van der Waals surface area (Å²) in [7, 11) is 2.13. The predicted octanol–water partition coefficient (Wildman–Crippen LogP) is 1.55. The highest BCUT2D eigenvalue weighted by molar-refractivity contribution is 9.09. The fourth-order valence-electron chi connectivity index (χ4n) is 0.109. The van der Waals surface area contributed by atoms with Crippen molar-refractivity contribution in [3.63, 3.8) is 0 Å². The Morgan fingerprint density at radius 2 is 2.40 bits per heavy atom. The molecule has 2 heteroatoms. The van der Waals surface area contributed by atoms with E-state index in [9.17, 15) is 0 Å². The molecule has 0 amide bonds. The van der Waals surface area contributed by atoms with E-state index in [0.29, 0.717) is 0 Å². The van der Waals surface area contributed by atoms with Gasteiger partial charge in [-0.1, -0.05) is 29.1 Å². The van der Waals surface area contributed by atoms with Crippen LogP contribution < -0.4 is 0 Å². The fourth-order valence-corrected chi connectivity index (χ4v) is 0.567. The summed E-state index contributed by atoms with van der Waals surface area (Å²) in [6.07, 6.45) is 1.18. The van der Waals surface area contributed by atoms with Crippen LogP contribution in [0.15, 0.2) is 0 Å². The van der Waals surface area contributed by atoms with Crippen LogP contribution in [0.2, 0.25) is 13.1 Å². The Morgan fingerprint density at radius 1 is 1.80 bits per heavy atom. The number of halogens is 1. The standard InChI is InChI=1S/C3H7BBr/c1-4-2-3-5/h2-3H2,1H3. The first kappa shape index (κ1) is 5.54. The van der Waals surface area contributed by atoms with Gasteiger partial charge >= 0.3 is 0 Å². The van der Waals surface area contributed by atoms with Crippen molar-refractivity contribution in [3.05, 3.63) is 0 Å². The highest BCUT2D eigenvalue weighted by atomic mass is 79.9. The molecular formula is C3H7BBr. The molecule has 0 nitrogen and oxygen atoms in total. The molecule has 0 saturated carbocycles. The maximum Gasteiger partial charge on any atom is 0.106 e. The van der Waals surface area contributed by atoms with Crippen LogP contribution in [0.5, 0.6) is 0 Å². The minimum absolute atomic E-state index is 1.10. The summed E-state index contributed by atoms with van der Waals surface area (Å²) in [6, 6.07) is 0. The van der Waals surface area contributed by atoms with Gasteiger partial charge in [0, 0.05) is 0 Å². The monoisotopic (exact) mass is 133 g/mol. The Bertz CT molecular complexity index is 14.4. The van der Waals surface area contributed by atoms with Crippen LogP contribution in [0, 0.1) is 0 Å². The van der Waals surface area contributed by atoms with Crippen molar-refractivity contribution in [2.75, 3.05) is 5.33 Å². The van der Waals surface area contributed by atoms with Crippen LogP contribution in [-0.4, -0.2) is 12.6 Å². The average Bonchev–Trinajstić information content (AvgIpc) is 1.41. The van der Waals surface area contributed by atoms with E-state index in [-0.39, 0.29) is 0 Å². The van der Waals surface area contributed by atoms with Gasteiger partial charge in [-0.05, 0) is 5.33 Å².